The van der Waals surface area contributed by atoms with Crippen LogP contribution >= 0.6 is 0 Å². The number of rotatable bonds is 6. The summed E-state index contributed by atoms with van der Waals surface area (Å²) in [5.74, 6) is 0.842. The predicted octanol–water partition coefficient (Wildman–Crippen LogP) is 2.12. The largest absolute Gasteiger partial charge is 0.497 e. The van der Waals surface area contributed by atoms with Gasteiger partial charge in [-0.15, -0.1) is 0 Å². The fraction of sp³-hybridized carbons (Fsp3) is 0.500. The molecule has 0 aromatic heterocycles. The first-order chi connectivity index (χ1) is 13.0. The van der Waals surface area contributed by atoms with Crippen LogP contribution < -0.4 is 10.5 Å². The maximum atomic E-state index is 14.4. The highest BCUT2D eigenvalue weighted by atomic mass is 19.1. The van der Waals surface area contributed by atoms with Crippen molar-refractivity contribution in [1.82, 2.24) is 4.90 Å². The third-order valence-corrected chi connectivity index (χ3v) is 4.40. The molecule has 1 aromatic carbocycles. The summed E-state index contributed by atoms with van der Waals surface area (Å²) in [4.78, 5) is 16.0. The zero-order valence-corrected chi connectivity index (χ0v) is 15.5. The lowest BCUT2D eigenvalue weighted by Crippen LogP contribution is -2.38. The van der Waals surface area contributed by atoms with E-state index >= 15 is 0 Å². The van der Waals surface area contributed by atoms with Crippen LogP contribution in [-0.2, 0) is 11.3 Å². The van der Waals surface area contributed by atoms with Gasteiger partial charge in [0.1, 0.15) is 11.9 Å². The van der Waals surface area contributed by atoms with E-state index < -0.39 is 11.1 Å². The summed E-state index contributed by atoms with van der Waals surface area (Å²) < 4.78 is 25.4. The summed E-state index contributed by atoms with van der Waals surface area (Å²) >= 11 is 0. The van der Waals surface area contributed by atoms with Gasteiger partial charge in [0.05, 0.1) is 37.5 Å². The Labute approximate surface area is 157 Å². The third kappa shape index (κ3) is 5.65. The number of ether oxygens (including phenoxy) is 2. The van der Waals surface area contributed by atoms with Gasteiger partial charge in [-0.2, -0.15) is 0 Å². The van der Waals surface area contributed by atoms with Crippen LogP contribution in [0.4, 0.5) is 4.39 Å². The van der Waals surface area contributed by atoms with Gasteiger partial charge < -0.3 is 20.1 Å². The minimum atomic E-state index is -1.18. The summed E-state index contributed by atoms with van der Waals surface area (Å²) in [6, 6.07) is 7.47. The van der Waals surface area contributed by atoms with Crippen molar-refractivity contribution < 1.29 is 18.8 Å². The molecule has 1 aromatic rings. The van der Waals surface area contributed by atoms with E-state index in [1.807, 2.05) is 24.3 Å². The Hall–Kier alpha value is -2.68. The topological polar surface area (TPSA) is 103 Å². The SMILES string of the molecule is CN=C(/C(=C\N)[N+](=O)[O-])N1CCC(OCc2ccc(OC)cc2)CC(F)C1. The average Bonchev–Trinajstić information content (AvgIpc) is 2.85. The van der Waals surface area contributed by atoms with Crippen molar-refractivity contribution in [2.24, 2.45) is 10.7 Å². The lowest BCUT2D eigenvalue weighted by atomic mass is 10.1. The number of aliphatic imine (C=N–C) groups is 1. The second kappa shape index (κ2) is 9.86. The standard InChI is InChI=1S/C18H25FN4O4/c1-21-18(17(10-20)23(24)25)22-8-7-16(9-14(19)11-22)27-12-13-3-5-15(26-2)6-4-13/h3-6,10,14,16H,7-9,11-12,20H2,1-2H3/b17-10+,21-18?. The van der Waals surface area contributed by atoms with Crippen molar-refractivity contribution in [2.45, 2.75) is 31.7 Å². The predicted molar refractivity (Wildman–Crippen MR) is 99.9 cm³/mol. The first-order valence-corrected chi connectivity index (χ1v) is 8.65. The Morgan fingerprint density at radius 3 is 2.74 bits per heavy atom. The van der Waals surface area contributed by atoms with Crippen LogP contribution in [0, 0.1) is 10.1 Å². The highest BCUT2D eigenvalue weighted by Gasteiger charge is 2.31. The van der Waals surface area contributed by atoms with E-state index in [1.165, 1.54) is 7.05 Å². The number of hydrogen-bond acceptors (Lipinski definition) is 6. The minimum Gasteiger partial charge on any atom is -0.497 e. The Bertz CT molecular complexity index is 693. The molecular formula is C18H25FN4O4. The number of benzene rings is 1. The van der Waals surface area contributed by atoms with Crippen LogP contribution in [0.25, 0.3) is 0 Å². The normalized spacial score (nSPS) is 21.7. The van der Waals surface area contributed by atoms with Crippen LogP contribution in [0.3, 0.4) is 0 Å². The Balaban J connectivity index is 1.99. The quantitative estimate of drug-likeness (QED) is 0.351. The van der Waals surface area contributed by atoms with Gasteiger partial charge in [0, 0.05) is 20.0 Å². The molecule has 0 saturated carbocycles. The molecule has 8 nitrogen and oxygen atoms in total. The number of amidine groups is 1. The molecule has 1 fully saturated rings. The lowest BCUT2D eigenvalue weighted by molar-refractivity contribution is -0.416. The number of hydrogen-bond donors (Lipinski definition) is 1. The molecule has 1 heterocycles. The average molecular weight is 380 g/mol. The van der Waals surface area contributed by atoms with Crippen molar-refractivity contribution in [1.29, 1.82) is 0 Å². The van der Waals surface area contributed by atoms with Gasteiger partial charge >= 0.3 is 5.70 Å². The number of methoxy groups -OCH3 is 1. The monoisotopic (exact) mass is 380 g/mol. The Kier molecular flexibility index (Phi) is 7.54. The minimum absolute atomic E-state index is 0.0141. The molecule has 0 amide bonds. The summed E-state index contributed by atoms with van der Waals surface area (Å²) in [6.07, 6.45) is 0.176. The second-order valence-electron chi connectivity index (χ2n) is 6.20. The molecule has 0 aliphatic carbocycles. The number of alkyl halides is 1. The van der Waals surface area contributed by atoms with Crippen molar-refractivity contribution in [3.05, 3.63) is 51.8 Å². The Morgan fingerprint density at radius 1 is 1.48 bits per heavy atom. The van der Waals surface area contributed by atoms with E-state index in [9.17, 15) is 14.5 Å². The maximum absolute atomic E-state index is 14.4. The van der Waals surface area contributed by atoms with Crippen molar-refractivity contribution in [3.8, 4) is 5.75 Å². The molecule has 1 saturated heterocycles. The fourth-order valence-electron chi connectivity index (χ4n) is 3.02. The summed E-state index contributed by atoms with van der Waals surface area (Å²) in [5.41, 5.74) is 5.98. The molecule has 0 spiro atoms. The van der Waals surface area contributed by atoms with Crippen LogP contribution in [0.1, 0.15) is 18.4 Å². The van der Waals surface area contributed by atoms with E-state index in [0.29, 0.717) is 19.6 Å². The Morgan fingerprint density at radius 2 is 2.19 bits per heavy atom. The van der Waals surface area contributed by atoms with Gasteiger partial charge in [0.25, 0.3) is 0 Å². The first kappa shape index (κ1) is 20.6. The molecule has 2 unspecified atom stereocenters. The molecule has 0 bridgehead atoms. The van der Waals surface area contributed by atoms with Gasteiger partial charge in [-0.05, 0) is 24.1 Å². The molecule has 2 atom stereocenters. The lowest BCUT2D eigenvalue weighted by Gasteiger charge is -2.23. The van der Waals surface area contributed by atoms with E-state index in [1.54, 1.807) is 12.0 Å². The molecular weight excluding hydrogens is 355 g/mol. The molecule has 2 rings (SSSR count). The summed E-state index contributed by atoms with van der Waals surface area (Å²) in [5, 5.41) is 11.1. The van der Waals surface area contributed by atoms with Gasteiger partial charge in [-0.25, -0.2) is 4.39 Å². The van der Waals surface area contributed by atoms with Crippen molar-refractivity contribution in [2.75, 3.05) is 27.2 Å². The summed E-state index contributed by atoms with van der Waals surface area (Å²) in [6.45, 7) is 0.769. The third-order valence-electron chi connectivity index (χ3n) is 4.40. The maximum Gasteiger partial charge on any atom is 0.326 e. The summed E-state index contributed by atoms with van der Waals surface area (Å²) in [7, 11) is 3.03. The molecule has 0 radical (unpaired) electrons. The smallest absolute Gasteiger partial charge is 0.326 e. The van der Waals surface area contributed by atoms with Crippen LogP contribution in [0.2, 0.25) is 0 Å². The van der Waals surface area contributed by atoms with E-state index in [-0.39, 0.29) is 30.6 Å². The highest BCUT2D eigenvalue weighted by molar-refractivity contribution is 5.96. The van der Waals surface area contributed by atoms with Crippen LogP contribution in [0.5, 0.6) is 5.75 Å². The van der Waals surface area contributed by atoms with Crippen molar-refractivity contribution >= 4 is 5.84 Å². The number of nitrogens with two attached hydrogens (primary N) is 1. The highest BCUT2D eigenvalue weighted by Crippen LogP contribution is 2.21. The second-order valence-corrected chi connectivity index (χ2v) is 6.20. The zero-order chi connectivity index (χ0) is 19.8. The van der Waals surface area contributed by atoms with E-state index in [2.05, 4.69) is 4.99 Å². The van der Waals surface area contributed by atoms with Gasteiger partial charge in [-0.1, -0.05) is 12.1 Å². The van der Waals surface area contributed by atoms with Gasteiger partial charge in [0.15, 0.2) is 0 Å². The van der Waals surface area contributed by atoms with Crippen LogP contribution in [-0.4, -0.2) is 55.2 Å². The molecule has 148 valence electrons. The van der Waals surface area contributed by atoms with Gasteiger partial charge in [-0.3, -0.25) is 15.1 Å². The molecule has 2 N–H and O–H groups in total. The zero-order valence-electron chi connectivity index (χ0n) is 15.5. The number of nitro groups is 1. The van der Waals surface area contributed by atoms with Gasteiger partial charge in [0.2, 0.25) is 5.84 Å². The number of nitrogens with zero attached hydrogens (tertiary/aromatic N) is 3. The van der Waals surface area contributed by atoms with E-state index in [4.69, 9.17) is 15.2 Å². The number of halogens is 1. The molecule has 27 heavy (non-hydrogen) atoms. The number of likely N-dealkylation sites (tertiary alicyclic amines) is 1. The molecule has 1 aliphatic rings. The molecule has 9 heteroatoms. The van der Waals surface area contributed by atoms with E-state index in [0.717, 1.165) is 17.5 Å². The fourth-order valence-corrected chi connectivity index (χ4v) is 3.02. The van der Waals surface area contributed by atoms with Crippen LogP contribution in [0.15, 0.2) is 41.2 Å². The molecule has 1 aliphatic heterocycles. The van der Waals surface area contributed by atoms with Crippen molar-refractivity contribution in [3.63, 3.8) is 0 Å². The first-order valence-electron chi connectivity index (χ1n) is 8.65.